The van der Waals surface area contributed by atoms with E-state index in [1.54, 1.807) is 12.4 Å². The quantitative estimate of drug-likeness (QED) is 0.662. The first-order chi connectivity index (χ1) is 14.1. The Kier molecular flexibility index (Phi) is 5.94. The second kappa shape index (κ2) is 8.77. The van der Waals surface area contributed by atoms with Crippen molar-refractivity contribution in [2.45, 2.75) is 18.9 Å². The van der Waals surface area contributed by atoms with Crippen LogP contribution in [0.2, 0.25) is 0 Å². The van der Waals surface area contributed by atoms with Crippen LogP contribution < -0.4 is 15.5 Å². The van der Waals surface area contributed by atoms with Crippen LogP contribution in [0.5, 0.6) is 0 Å². The number of rotatable bonds is 5. The van der Waals surface area contributed by atoms with Crippen molar-refractivity contribution in [3.63, 3.8) is 0 Å². The summed E-state index contributed by atoms with van der Waals surface area (Å²) in [7, 11) is 0. The minimum atomic E-state index is -0.0799. The fourth-order valence-electron chi connectivity index (χ4n) is 4.39. The first-order valence-corrected chi connectivity index (χ1v) is 10.3. The van der Waals surface area contributed by atoms with E-state index in [2.05, 4.69) is 20.5 Å². The topological polar surface area (TPSA) is 97.9 Å². The zero-order valence-electron chi connectivity index (χ0n) is 16.5. The first kappa shape index (κ1) is 19.6. The molecule has 0 saturated carbocycles. The molecule has 9 heteroatoms. The van der Waals surface area contributed by atoms with Crippen LogP contribution in [0.3, 0.4) is 0 Å². The predicted molar refractivity (Wildman–Crippen MR) is 107 cm³/mol. The van der Waals surface area contributed by atoms with E-state index >= 15 is 0 Å². The molecule has 3 aliphatic heterocycles. The molecule has 1 aromatic rings. The fourth-order valence-corrected chi connectivity index (χ4v) is 4.39. The van der Waals surface area contributed by atoms with Gasteiger partial charge in [0, 0.05) is 63.4 Å². The molecular formula is C20H28N6O3. The highest BCUT2D eigenvalue weighted by Gasteiger charge is 2.35. The third kappa shape index (κ3) is 4.84. The number of carbonyl (C=O) groups excluding carboxylic acids is 3. The maximum atomic E-state index is 12.9. The number of carbonyl (C=O) groups is 3. The Balaban J connectivity index is 1.23. The first-order valence-electron chi connectivity index (χ1n) is 10.3. The van der Waals surface area contributed by atoms with Gasteiger partial charge >= 0.3 is 0 Å². The Bertz CT molecular complexity index is 758. The number of amides is 3. The molecule has 0 aromatic carbocycles. The molecule has 3 aliphatic rings. The number of nitrogens with one attached hydrogen (secondary N) is 2. The highest BCUT2D eigenvalue weighted by molar-refractivity contribution is 5.83. The van der Waals surface area contributed by atoms with Crippen LogP contribution in [0.1, 0.15) is 12.8 Å². The van der Waals surface area contributed by atoms with E-state index in [1.807, 2.05) is 21.9 Å². The summed E-state index contributed by atoms with van der Waals surface area (Å²) in [6.07, 6.45) is 5.17. The van der Waals surface area contributed by atoms with Crippen molar-refractivity contribution in [1.29, 1.82) is 0 Å². The molecule has 3 fully saturated rings. The summed E-state index contributed by atoms with van der Waals surface area (Å²) in [6, 6.07) is 3.93. The second-order valence-corrected chi connectivity index (χ2v) is 8.04. The van der Waals surface area contributed by atoms with Gasteiger partial charge in [0.15, 0.2) is 0 Å². The molecule has 3 amide bonds. The number of hydrogen-bond donors (Lipinski definition) is 2. The van der Waals surface area contributed by atoms with Gasteiger partial charge in [-0.2, -0.15) is 0 Å². The van der Waals surface area contributed by atoms with Gasteiger partial charge < -0.3 is 20.4 Å². The summed E-state index contributed by atoms with van der Waals surface area (Å²) in [5.74, 6) is 0.0678. The zero-order valence-corrected chi connectivity index (χ0v) is 16.5. The predicted octanol–water partition coefficient (Wildman–Crippen LogP) is -0.943. The summed E-state index contributed by atoms with van der Waals surface area (Å²) >= 11 is 0. The molecule has 2 N–H and O–H groups in total. The lowest BCUT2D eigenvalue weighted by Crippen LogP contribution is -2.51. The number of piperazine rings is 1. The van der Waals surface area contributed by atoms with E-state index in [0.29, 0.717) is 26.2 Å². The van der Waals surface area contributed by atoms with Gasteiger partial charge in [0.05, 0.1) is 19.0 Å². The van der Waals surface area contributed by atoms with Gasteiger partial charge in [-0.05, 0) is 25.0 Å². The Morgan fingerprint density at radius 3 is 2.76 bits per heavy atom. The van der Waals surface area contributed by atoms with Crippen LogP contribution in [0.25, 0.3) is 0 Å². The third-order valence-electron chi connectivity index (χ3n) is 5.92. The molecule has 9 nitrogen and oxygen atoms in total. The van der Waals surface area contributed by atoms with Crippen LogP contribution in [0, 0.1) is 5.92 Å². The SMILES string of the molecule is O=C1CN(CC(=O)NC2CCN(C(=O)C3CCN(c4ccncc4)C3)C2)CCN1. The van der Waals surface area contributed by atoms with Gasteiger partial charge in [-0.1, -0.05) is 0 Å². The number of aromatic nitrogens is 1. The maximum absolute atomic E-state index is 12.9. The van der Waals surface area contributed by atoms with E-state index in [0.717, 1.165) is 31.6 Å². The fraction of sp³-hybridized carbons (Fsp3) is 0.600. The highest BCUT2D eigenvalue weighted by Crippen LogP contribution is 2.25. The summed E-state index contributed by atoms with van der Waals surface area (Å²) in [5, 5.41) is 5.78. The normalized spacial score (nSPS) is 25.2. The lowest BCUT2D eigenvalue weighted by atomic mass is 10.1. The van der Waals surface area contributed by atoms with Crippen LogP contribution in [0.15, 0.2) is 24.5 Å². The third-order valence-corrected chi connectivity index (χ3v) is 5.92. The van der Waals surface area contributed by atoms with Gasteiger partial charge in [-0.3, -0.25) is 24.3 Å². The van der Waals surface area contributed by atoms with Gasteiger partial charge in [0.1, 0.15) is 0 Å². The number of pyridine rings is 1. The number of anilines is 1. The van der Waals surface area contributed by atoms with Crippen molar-refractivity contribution in [2.24, 2.45) is 5.92 Å². The minimum absolute atomic E-state index is 0.00415. The minimum Gasteiger partial charge on any atom is -0.371 e. The molecule has 29 heavy (non-hydrogen) atoms. The number of nitrogens with zero attached hydrogens (tertiary/aromatic N) is 4. The Morgan fingerprint density at radius 2 is 1.97 bits per heavy atom. The zero-order chi connectivity index (χ0) is 20.2. The van der Waals surface area contributed by atoms with Crippen molar-refractivity contribution in [2.75, 3.05) is 57.3 Å². The maximum Gasteiger partial charge on any atom is 0.234 e. The van der Waals surface area contributed by atoms with Gasteiger partial charge in [0.2, 0.25) is 17.7 Å². The number of hydrogen-bond acceptors (Lipinski definition) is 6. The molecule has 2 unspecified atom stereocenters. The summed E-state index contributed by atoms with van der Waals surface area (Å²) in [4.78, 5) is 46.7. The van der Waals surface area contributed by atoms with Crippen LogP contribution in [-0.4, -0.2) is 90.9 Å². The lowest BCUT2D eigenvalue weighted by Gasteiger charge is -2.26. The average molecular weight is 400 g/mol. The molecular weight excluding hydrogens is 372 g/mol. The van der Waals surface area contributed by atoms with E-state index < -0.39 is 0 Å². The smallest absolute Gasteiger partial charge is 0.234 e. The van der Waals surface area contributed by atoms with Gasteiger partial charge in [0.25, 0.3) is 0 Å². The van der Waals surface area contributed by atoms with Crippen LogP contribution >= 0.6 is 0 Å². The van der Waals surface area contributed by atoms with Crippen molar-refractivity contribution in [3.05, 3.63) is 24.5 Å². The second-order valence-electron chi connectivity index (χ2n) is 8.04. The Labute approximate surface area is 170 Å². The lowest BCUT2D eigenvalue weighted by molar-refractivity contribution is -0.134. The average Bonchev–Trinajstić information content (AvgIpc) is 3.38. The highest BCUT2D eigenvalue weighted by atomic mass is 16.2. The molecule has 0 aliphatic carbocycles. The van der Waals surface area contributed by atoms with Crippen molar-refractivity contribution < 1.29 is 14.4 Å². The Morgan fingerprint density at radius 1 is 1.14 bits per heavy atom. The summed E-state index contributed by atoms with van der Waals surface area (Å²) in [5.41, 5.74) is 1.10. The summed E-state index contributed by atoms with van der Waals surface area (Å²) in [6.45, 7) is 4.60. The van der Waals surface area contributed by atoms with Crippen molar-refractivity contribution in [1.82, 2.24) is 25.4 Å². The van der Waals surface area contributed by atoms with Crippen molar-refractivity contribution >= 4 is 23.4 Å². The monoisotopic (exact) mass is 400 g/mol. The van der Waals surface area contributed by atoms with E-state index in [-0.39, 0.29) is 42.8 Å². The molecule has 3 saturated heterocycles. The van der Waals surface area contributed by atoms with Crippen molar-refractivity contribution in [3.8, 4) is 0 Å². The number of likely N-dealkylation sites (tertiary alicyclic amines) is 1. The summed E-state index contributed by atoms with van der Waals surface area (Å²) < 4.78 is 0. The molecule has 0 bridgehead atoms. The molecule has 0 radical (unpaired) electrons. The van der Waals surface area contributed by atoms with E-state index in [1.165, 1.54) is 0 Å². The largest absolute Gasteiger partial charge is 0.371 e. The van der Waals surface area contributed by atoms with E-state index in [4.69, 9.17) is 0 Å². The Hall–Kier alpha value is -2.68. The van der Waals surface area contributed by atoms with Crippen LogP contribution in [0.4, 0.5) is 5.69 Å². The van der Waals surface area contributed by atoms with Gasteiger partial charge in [-0.15, -0.1) is 0 Å². The molecule has 0 spiro atoms. The molecule has 4 rings (SSSR count). The van der Waals surface area contributed by atoms with Crippen LogP contribution in [-0.2, 0) is 14.4 Å². The molecule has 2 atom stereocenters. The molecule has 4 heterocycles. The molecule has 1 aromatic heterocycles. The molecule has 156 valence electrons. The standard InChI is InChI=1S/C20H28N6O3/c27-18-13-24(10-7-22-18)14-19(28)23-16-4-9-26(12-16)20(29)15-3-8-25(11-15)17-1-5-21-6-2-17/h1-2,5-6,15-16H,3-4,7-14H2,(H,22,27)(H,23,28). The van der Waals surface area contributed by atoms with Gasteiger partial charge in [-0.25, -0.2) is 0 Å². The van der Waals surface area contributed by atoms with E-state index in [9.17, 15) is 14.4 Å².